The number of hydrogen-bond donors (Lipinski definition) is 1. The summed E-state index contributed by atoms with van der Waals surface area (Å²) in [5.74, 6) is 0.498. The van der Waals surface area contributed by atoms with E-state index in [4.69, 9.17) is 4.52 Å². The molecule has 0 aliphatic heterocycles. The highest BCUT2D eigenvalue weighted by atomic mass is 19.1. The third-order valence-corrected chi connectivity index (χ3v) is 5.56. The van der Waals surface area contributed by atoms with Gasteiger partial charge in [-0.15, -0.1) is 0 Å². The third-order valence-electron chi connectivity index (χ3n) is 5.56. The molecule has 150 valence electrons. The van der Waals surface area contributed by atoms with Gasteiger partial charge in [0.15, 0.2) is 0 Å². The smallest absolute Gasteiger partial charge is 0.227 e. The average molecular weight is 394 g/mol. The number of carbonyl (C=O) groups is 1. The Morgan fingerprint density at radius 1 is 1.14 bits per heavy atom. The zero-order valence-electron chi connectivity index (χ0n) is 16.1. The third kappa shape index (κ3) is 4.34. The van der Waals surface area contributed by atoms with E-state index in [0.717, 1.165) is 25.7 Å². The van der Waals surface area contributed by atoms with Crippen molar-refractivity contribution in [1.82, 2.24) is 20.4 Å². The van der Waals surface area contributed by atoms with Gasteiger partial charge in [0.1, 0.15) is 11.5 Å². The maximum Gasteiger partial charge on any atom is 0.227 e. The first-order valence-electron chi connectivity index (χ1n) is 9.92. The van der Waals surface area contributed by atoms with E-state index >= 15 is 0 Å². The number of hydrogen-bond acceptors (Lipinski definition) is 5. The quantitative estimate of drug-likeness (QED) is 0.659. The molecule has 1 fully saturated rings. The van der Waals surface area contributed by atoms with E-state index in [1.807, 2.05) is 24.3 Å². The van der Waals surface area contributed by atoms with Gasteiger partial charge in [0.2, 0.25) is 17.6 Å². The van der Waals surface area contributed by atoms with Crippen LogP contribution < -0.4 is 5.32 Å². The lowest BCUT2D eigenvalue weighted by atomic mass is 9.78. The van der Waals surface area contributed by atoms with Crippen LogP contribution in [0.4, 0.5) is 4.39 Å². The molecule has 6 nitrogen and oxygen atoms in total. The van der Waals surface area contributed by atoms with Crippen molar-refractivity contribution in [3.8, 4) is 11.5 Å². The summed E-state index contributed by atoms with van der Waals surface area (Å²) in [5, 5.41) is 6.90. The molecule has 0 radical (unpaired) electrons. The molecule has 0 bridgehead atoms. The maximum absolute atomic E-state index is 14.4. The van der Waals surface area contributed by atoms with Crippen LogP contribution in [0.1, 0.15) is 43.6 Å². The van der Waals surface area contributed by atoms with E-state index in [1.54, 1.807) is 18.3 Å². The summed E-state index contributed by atoms with van der Waals surface area (Å²) >= 11 is 0. The minimum Gasteiger partial charge on any atom is -0.355 e. The van der Waals surface area contributed by atoms with E-state index in [0.29, 0.717) is 35.9 Å². The normalized spacial score (nSPS) is 15.3. The number of nitrogens with one attached hydrogen (secondary N) is 1. The van der Waals surface area contributed by atoms with Crippen molar-refractivity contribution in [2.75, 3.05) is 6.54 Å². The molecule has 1 aromatic carbocycles. The van der Waals surface area contributed by atoms with Gasteiger partial charge < -0.3 is 9.84 Å². The van der Waals surface area contributed by atoms with E-state index in [9.17, 15) is 9.18 Å². The summed E-state index contributed by atoms with van der Waals surface area (Å²) < 4.78 is 19.6. The van der Waals surface area contributed by atoms with Gasteiger partial charge in [-0.1, -0.05) is 42.3 Å². The summed E-state index contributed by atoms with van der Waals surface area (Å²) in [6, 6.07) is 12.3. The molecular formula is C22H23FN4O2. The highest BCUT2D eigenvalue weighted by molar-refractivity contribution is 5.76. The summed E-state index contributed by atoms with van der Waals surface area (Å²) in [4.78, 5) is 20.9. The Morgan fingerprint density at radius 3 is 2.69 bits per heavy atom. The molecule has 2 aromatic heterocycles. The molecule has 29 heavy (non-hydrogen) atoms. The van der Waals surface area contributed by atoms with Crippen LogP contribution in [0.5, 0.6) is 0 Å². The topological polar surface area (TPSA) is 80.9 Å². The second-order valence-corrected chi connectivity index (χ2v) is 7.47. The second-order valence-electron chi connectivity index (χ2n) is 7.47. The van der Waals surface area contributed by atoms with Crippen molar-refractivity contribution in [3.63, 3.8) is 0 Å². The molecule has 2 heterocycles. The predicted octanol–water partition coefficient (Wildman–Crippen LogP) is 3.83. The molecule has 3 aromatic rings. The summed E-state index contributed by atoms with van der Waals surface area (Å²) in [6.45, 7) is 0.440. The summed E-state index contributed by atoms with van der Waals surface area (Å²) in [7, 11) is 0. The number of amides is 1. The molecule has 4 rings (SSSR count). The van der Waals surface area contributed by atoms with Crippen molar-refractivity contribution in [1.29, 1.82) is 0 Å². The Morgan fingerprint density at radius 2 is 1.93 bits per heavy atom. The highest BCUT2D eigenvalue weighted by Gasteiger charge is 2.37. The summed E-state index contributed by atoms with van der Waals surface area (Å²) in [5.41, 5.74) is 1.01. The van der Waals surface area contributed by atoms with Gasteiger partial charge in [-0.2, -0.15) is 4.98 Å². The van der Waals surface area contributed by atoms with Gasteiger partial charge >= 0.3 is 0 Å². The van der Waals surface area contributed by atoms with Gasteiger partial charge in [-0.3, -0.25) is 9.78 Å². The summed E-state index contributed by atoms with van der Waals surface area (Å²) in [6.07, 6.45) is 6.09. The second kappa shape index (κ2) is 8.51. The molecule has 1 saturated carbocycles. The van der Waals surface area contributed by atoms with Crippen molar-refractivity contribution < 1.29 is 13.7 Å². The number of carbonyl (C=O) groups excluding carboxylic acids is 1. The molecule has 1 amide bonds. The SMILES string of the molecule is O=C(CCc1nc(-c2ccccn2)no1)NCC1(c2ccccc2F)CCCC1. The lowest BCUT2D eigenvalue weighted by Gasteiger charge is -2.30. The van der Waals surface area contributed by atoms with Crippen molar-refractivity contribution in [2.24, 2.45) is 0 Å². The zero-order chi connectivity index (χ0) is 20.1. The lowest BCUT2D eigenvalue weighted by molar-refractivity contribution is -0.121. The van der Waals surface area contributed by atoms with Crippen LogP contribution in [-0.4, -0.2) is 27.6 Å². The van der Waals surface area contributed by atoms with Gasteiger partial charge in [0.05, 0.1) is 0 Å². The van der Waals surface area contributed by atoms with Crippen molar-refractivity contribution >= 4 is 5.91 Å². The van der Waals surface area contributed by atoms with Gasteiger partial charge in [0, 0.05) is 31.0 Å². The fourth-order valence-electron chi connectivity index (χ4n) is 4.02. The molecule has 0 unspecified atom stereocenters. The number of pyridine rings is 1. The molecule has 0 atom stereocenters. The minimum atomic E-state index is -0.322. The first-order valence-corrected chi connectivity index (χ1v) is 9.92. The zero-order valence-corrected chi connectivity index (χ0v) is 16.1. The molecule has 1 N–H and O–H groups in total. The van der Waals surface area contributed by atoms with E-state index in [2.05, 4.69) is 20.4 Å². The van der Waals surface area contributed by atoms with Gasteiger partial charge in [-0.25, -0.2) is 4.39 Å². The van der Waals surface area contributed by atoms with E-state index in [1.165, 1.54) is 6.07 Å². The fraction of sp³-hybridized carbons (Fsp3) is 0.364. The molecular weight excluding hydrogens is 371 g/mol. The molecule has 1 aliphatic carbocycles. The fourth-order valence-corrected chi connectivity index (χ4v) is 4.02. The molecule has 0 saturated heterocycles. The largest absolute Gasteiger partial charge is 0.355 e. The lowest BCUT2D eigenvalue weighted by Crippen LogP contribution is -2.39. The maximum atomic E-state index is 14.4. The first-order chi connectivity index (χ1) is 14.2. The van der Waals surface area contributed by atoms with Crippen LogP contribution in [0.3, 0.4) is 0 Å². The Labute approximate surface area is 168 Å². The average Bonchev–Trinajstić information content (AvgIpc) is 3.42. The molecule has 1 aliphatic rings. The number of rotatable bonds is 7. The number of aromatic nitrogens is 3. The Bertz CT molecular complexity index is 968. The Kier molecular flexibility index (Phi) is 5.64. The Balaban J connectivity index is 1.34. The number of benzene rings is 1. The van der Waals surface area contributed by atoms with Crippen LogP contribution in [0.25, 0.3) is 11.5 Å². The first kappa shape index (κ1) is 19.2. The van der Waals surface area contributed by atoms with E-state index < -0.39 is 0 Å². The number of aryl methyl sites for hydroxylation is 1. The van der Waals surface area contributed by atoms with Crippen LogP contribution in [-0.2, 0) is 16.6 Å². The monoisotopic (exact) mass is 394 g/mol. The van der Waals surface area contributed by atoms with Crippen molar-refractivity contribution in [3.05, 3.63) is 65.9 Å². The van der Waals surface area contributed by atoms with E-state index in [-0.39, 0.29) is 23.6 Å². The predicted molar refractivity (Wildman–Crippen MR) is 105 cm³/mol. The molecule has 7 heteroatoms. The van der Waals surface area contributed by atoms with Crippen molar-refractivity contribution in [2.45, 2.75) is 43.9 Å². The van der Waals surface area contributed by atoms with Crippen LogP contribution in [0.2, 0.25) is 0 Å². The highest BCUT2D eigenvalue weighted by Crippen LogP contribution is 2.41. The van der Waals surface area contributed by atoms with Crippen LogP contribution >= 0.6 is 0 Å². The standard InChI is InChI=1S/C22H23FN4O2/c23-17-8-2-1-7-16(17)22(12-4-5-13-22)15-25-19(28)10-11-20-26-21(27-29-20)18-9-3-6-14-24-18/h1-3,6-9,14H,4-5,10-13,15H2,(H,25,28). The van der Waals surface area contributed by atoms with Crippen LogP contribution in [0.15, 0.2) is 53.2 Å². The van der Waals surface area contributed by atoms with Gasteiger partial charge in [0.25, 0.3) is 0 Å². The minimum absolute atomic E-state index is 0.106. The van der Waals surface area contributed by atoms with Crippen LogP contribution in [0, 0.1) is 5.82 Å². The van der Waals surface area contributed by atoms with Gasteiger partial charge in [-0.05, 0) is 36.6 Å². The number of nitrogens with zero attached hydrogens (tertiary/aromatic N) is 3. The number of halogens is 1. The Hall–Kier alpha value is -3.09. The molecule has 0 spiro atoms.